The lowest BCUT2D eigenvalue weighted by atomic mass is 9.95. The molecule has 0 radical (unpaired) electrons. The number of aliphatic hydroxyl groups is 3. The molecule has 4 atom stereocenters. The third-order valence-corrected chi connectivity index (χ3v) is 5.11. The van der Waals surface area contributed by atoms with Crippen LogP contribution < -0.4 is 4.90 Å². The molecule has 2 aliphatic rings. The third-order valence-electron chi connectivity index (χ3n) is 5.11. The largest absolute Gasteiger partial charge is 0.417 e. The van der Waals surface area contributed by atoms with Gasteiger partial charge in [0.25, 0.3) is 0 Å². The van der Waals surface area contributed by atoms with E-state index in [1.165, 1.54) is 6.07 Å². The summed E-state index contributed by atoms with van der Waals surface area (Å²) in [6.07, 6.45) is -4.75. The smallest absolute Gasteiger partial charge is 0.389 e. The van der Waals surface area contributed by atoms with Gasteiger partial charge in [-0.1, -0.05) is 0 Å². The number of piperidine rings is 2. The summed E-state index contributed by atoms with van der Waals surface area (Å²) in [6.45, 7) is 2.64. The minimum Gasteiger partial charge on any atom is -0.389 e. The average Bonchev–Trinajstić information content (AvgIpc) is 2.59. The van der Waals surface area contributed by atoms with Crippen LogP contribution in [0.4, 0.5) is 19.0 Å². The molecular weight excluding hydrogens is 351 g/mol. The summed E-state index contributed by atoms with van der Waals surface area (Å²) in [5.41, 5.74) is -0.760. The summed E-state index contributed by atoms with van der Waals surface area (Å²) in [5, 5.41) is 29.2. The van der Waals surface area contributed by atoms with E-state index in [9.17, 15) is 28.5 Å². The predicted octanol–water partition coefficient (Wildman–Crippen LogP) is 0.715. The van der Waals surface area contributed by atoms with E-state index in [0.717, 1.165) is 31.6 Å². The van der Waals surface area contributed by atoms with Crippen molar-refractivity contribution in [2.45, 2.75) is 37.3 Å². The van der Waals surface area contributed by atoms with Crippen molar-refractivity contribution in [1.29, 1.82) is 0 Å². The van der Waals surface area contributed by atoms with Crippen molar-refractivity contribution < 1.29 is 28.5 Å². The van der Waals surface area contributed by atoms with Gasteiger partial charge in [-0.15, -0.1) is 0 Å². The van der Waals surface area contributed by atoms with E-state index >= 15 is 0 Å². The van der Waals surface area contributed by atoms with Gasteiger partial charge in [-0.05, 0) is 30.9 Å². The Labute approximate surface area is 149 Å². The summed E-state index contributed by atoms with van der Waals surface area (Å²) < 4.78 is 38.0. The minimum absolute atomic E-state index is 0.252. The van der Waals surface area contributed by atoms with E-state index in [-0.39, 0.29) is 5.92 Å². The van der Waals surface area contributed by atoms with Crippen LogP contribution in [-0.4, -0.2) is 76.2 Å². The molecule has 0 aliphatic carbocycles. The van der Waals surface area contributed by atoms with E-state index in [0.29, 0.717) is 32.0 Å². The maximum Gasteiger partial charge on any atom is 0.417 e. The molecule has 0 spiro atoms. The van der Waals surface area contributed by atoms with Crippen molar-refractivity contribution in [1.82, 2.24) is 9.88 Å². The van der Waals surface area contributed by atoms with Gasteiger partial charge in [0.2, 0.25) is 0 Å². The highest BCUT2D eigenvalue weighted by molar-refractivity contribution is 5.40. The first-order valence-corrected chi connectivity index (χ1v) is 8.79. The van der Waals surface area contributed by atoms with Crippen molar-refractivity contribution in [2.24, 2.45) is 5.92 Å². The molecule has 2 saturated heterocycles. The van der Waals surface area contributed by atoms with Crippen molar-refractivity contribution in [3.8, 4) is 0 Å². The number of aliphatic hydroxyl groups excluding tert-OH is 3. The van der Waals surface area contributed by atoms with E-state index < -0.39 is 30.1 Å². The van der Waals surface area contributed by atoms with Crippen LogP contribution in [0.5, 0.6) is 0 Å². The second-order valence-electron chi connectivity index (χ2n) is 7.20. The zero-order chi connectivity index (χ0) is 18.9. The molecule has 1 aromatic heterocycles. The van der Waals surface area contributed by atoms with Crippen LogP contribution in [0, 0.1) is 5.92 Å². The molecule has 0 unspecified atom stereocenters. The number of halogens is 3. The van der Waals surface area contributed by atoms with Crippen LogP contribution in [0.1, 0.15) is 18.4 Å². The van der Waals surface area contributed by atoms with E-state index in [4.69, 9.17) is 0 Å². The number of pyridine rings is 1. The molecule has 2 aliphatic heterocycles. The average molecular weight is 375 g/mol. The maximum atomic E-state index is 12.7. The van der Waals surface area contributed by atoms with E-state index in [1.54, 1.807) is 0 Å². The quantitative estimate of drug-likeness (QED) is 0.722. The molecule has 0 saturated carbocycles. The lowest BCUT2D eigenvalue weighted by Crippen LogP contribution is -2.56. The standard InChI is InChI=1S/C17H24F3N3O3/c18-17(19,20)12-3-4-15(21-6-12)23-5-1-2-11(8-23)7-22-9-13(24)16(26)14(25)10-22/h3-4,6,11,13-14,16,24-26H,1-2,5,7-10H2/t11-,13-,14+,16+/m1/s1. The molecule has 0 bridgehead atoms. The van der Waals surface area contributed by atoms with Crippen LogP contribution in [-0.2, 0) is 6.18 Å². The van der Waals surface area contributed by atoms with Gasteiger partial charge >= 0.3 is 6.18 Å². The molecule has 146 valence electrons. The fraction of sp³-hybridized carbons (Fsp3) is 0.706. The summed E-state index contributed by atoms with van der Waals surface area (Å²) in [6, 6.07) is 2.45. The van der Waals surface area contributed by atoms with Gasteiger partial charge in [0.1, 0.15) is 11.9 Å². The van der Waals surface area contributed by atoms with Crippen LogP contribution >= 0.6 is 0 Å². The molecule has 3 heterocycles. The summed E-state index contributed by atoms with van der Waals surface area (Å²) in [5.74, 6) is 0.777. The van der Waals surface area contributed by atoms with Gasteiger partial charge in [0.15, 0.2) is 0 Å². The molecule has 0 amide bonds. The number of likely N-dealkylation sites (tertiary alicyclic amines) is 1. The highest BCUT2D eigenvalue weighted by atomic mass is 19.4. The number of aromatic nitrogens is 1. The summed E-state index contributed by atoms with van der Waals surface area (Å²) >= 11 is 0. The third kappa shape index (κ3) is 4.46. The van der Waals surface area contributed by atoms with Crippen LogP contribution in [0.2, 0.25) is 0 Å². The molecule has 3 N–H and O–H groups in total. The van der Waals surface area contributed by atoms with Crippen molar-refractivity contribution in [3.05, 3.63) is 23.9 Å². The van der Waals surface area contributed by atoms with Gasteiger partial charge in [0.05, 0.1) is 17.8 Å². The van der Waals surface area contributed by atoms with Crippen molar-refractivity contribution >= 4 is 5.82 Å². The molecule has 0 aromatic carbocycles. The second-order valence-corrected chi connectivity index (χ2v) is 7.20. The number of hydrogen-bond donors (Lipinski definition) is 3. The molecule has 3 rings (SSSR count). The Kier molecular flexibility index (Phi) is 5.71. The Morgan fingerprint density at radius 2 is 1.77 bits per heavy atom. The Hall–Kier alpha value is -1.42. The zero-order valence-corrected chi connectivity index (χ0v) is 14.3. The van der Waals surface area contributed by atoms with Gasteiger partial charge in [-0.25, -0.2) is 4.98 Å². The topological polar surface area (TPSA) is 80.1 Å². The Morgan fingerprint density at radius 1 is 1.08 bits per heavy atom. The van der Waals surface area contributed by atoms with Gasteiger partial charge in [0, 0.05) is 38.9 Å². The maximum absolute atomic E-state index is 12.7. The first kappa shape index (κ1) is 19.3. The molecule has 9 heteroatoms. The van der Waals surface area contributed by atoms with Gasteiger partial charge < -0.3 is 20.2 Å². The first-order chi connectivity index (χ1) is 12.2. The van der Waals surface area contributed by atoms with E-state index in [2.05, 4.69) is 4.98 Å². The van der Waals surface area contributed by atoms with Crippen molar-refractivity contribution in [3.63, 3.8) is 0 Å². The number of hydrogen-bond acceptors (Lipinski definition) is 6. The predicted molar refractivity (Wildman–Crippen MR) is 88.6 cm³/mol. The lowest BCUT2D eigenvalue weighted by Gasteiger charge is -2.41. The number of nitrogens with zero attached hydrogens (tertiary/aromatic N) is 3. The number of alkyl halides is 3. The Morgan fingerprint density at radius 3 is 2.35 bits per heavy atom. The molecule has 2 fully saturated rings. The normalized spacial score (nSPS) is 31.2. The van der Waals surface area contributed by atoms with Gasteiger partial charge in [-0.3, -0.25) is 4.90 Å². The van der Waals surface area contributed by atoms with E-state index in [1.807, 2.05) is 9.80 Å². The van der Waals surface area contributed by atoms with Crippen LogP contribution in [0.25, 0.3) is 0 Å². The number of β-amino-alcohol motifs (C(OH)–C–C–N with tert-alkyl or cyclic N) is 2. The van der Waals surface area contributed by atoms with Gasteiger partial charge in [-0.2, -0.15) is 13.2 Å². The monoisotopic (exact) mass is 375 g/mol. The summed E-state index contributed by atoms with van der Waals surface area (Å²) in [4.78, 5) is 7.86. The van der Waals surface area contributed by atoms with Crippen LogP contribution in [0.15, 0.2) is 18.3 Å². The highest BCUT2D eigenvalue weighted by Crippen LogP contribution is 2.30. The molecule has 1 aromatic rings. The lowest BCUT2D eigenvalue weighted by molar-refractivity contribution is -0.137. The first-order valence-electron chi connectivity index (χ1n) is 8.79. The molecular formula is C17H24F3N3O3. The highest BCUT2D eigenvalue weighted by Gasteiger charge is 2.35. The Balaban J connectivity index is 1.59. The number of rotatable bonds is 3. The Bertz CT molecular complexity index is 587. The zero-order valence-electron chi connectivity index (χ0n) is 14.3. The second kappa shape index (κ2) is 7.67. The molecule has 6 nitrogen and oxygen atoms in total. The molecule has 26 heavy (non-hydrogen) atoms. The fourth-order valence-corrected chi connectivity index (χ4v) is 3.75. The minimum atomic E-state index is -4.39. The SMILES string of the molecule is O[C@H]1[C@H](O)CN(C[C@H]2CCCN(c3ccc(C(F)(F)F)cn3)C2)C[C@@H]1O. The fourth-order valence-electron chi connectivity index (χ4n) is 3.75. The number of anilines is 1. The summed E-state index contributed by atoms with van der Waals surface area (Å²) in [7, 11) is 0. The van der Waals surface area contributed by atoms with Crippen LogP contribution in [0.3, 0.4) is 0 Å². The van der Waals surface area contributed by atoms with Crippen molar-refractivity contribution in [2.75, 3.05) is 37.6 Å².